The van der Waals surface area contributed by atoms with Crippen LogP contribution < -0.4 is 9.64 Å². The van der Waals surface area contributed by atoms with E-state index in [1.54, 1.807) is 18.2 Å². The number of carbonyl (C=O) groups excluding carboxylic acids is 2. The Labute approximate surface area is 97.1 Å². The molecule has 0 bridgehead atoms. The predicted molar refractivity (Wildman–Crippen MR) is 59.6 cm³/mol. The second-order valence-corrected chi connectivity index (χ2v) is 3.52. The quantitative estimate of drug-likeness (QED) is 0.737. The molecule has 0 saturated heterocycles. The molecule has 1 heterocycles. The molecule has 82 valence electrons. The number of nitrogens with zero attached hydrogens (tertiary/aromatic N) is 1. The molecule has 4 nitrogen and oxygen atoms in total. The number of methoxy groups -OCH3 is 1. The highest BCUT2D eigenvalue weighted by atomic mass is 35.5. The van der Waals surface area contributed by atoms with Crippen molar-refractivity contribution in [3.05, 3.63) is 35.4 Å². The molecule has 1 aliphatic rings. The van der Waals surface area contributed by atoms with Crippen molar-refractivity contribution in [2.75, 3.05) is 12.0 Å². The van der Waals surface area contributed by atoms with Crippen LogP contribution in [-0.4, -0.2) is 18.9 Å². The van der Waals surface area contributed by atoms with Crippen LogP contribution in [0.5, 0.6) is 5.75 Å². The fourth-order valence-corrected chi connectivity index (χ4v) is 1.75. The second-order valence-electron chi connectivity index (χ2n) is 3.14. The molecule has 0 fully saturated rings. The predicted octanol–water partition coefficient (Wildman–Crippen LogP) is 1.78. The van der Waals surface area contributed by atoms with Crippen LogP contribution in [0, 0.1) is 0 Å². The van der Waals surface area contributed by atoms with Crippen LogP contribution in [0.15, 0.2) is 30.4 Å². The highest BCUT2D eigenvalue weighted by Crippen LogP contribution is 2.35. The molecular formula is C11H8ClNO3. The summed E-state index contributed by atoms with van der Waals surface area (Å²) in [6, 6.07) is 4.91. The van der Waals surface area contributed by atoms with Crippen LogP contribution in [0.1, 0.15) is 0 Å². The van der Waals surface area contributed by atoms with Gasteiger partial charge in [-0.15, -0.1) is 0 Å². The highest BCUT2D eigenvalue weighted by Gasteiger charge is 2.27. The van der Waals surface area contributed by atoms with E-state index in [0.717, 1.165) is 4.90 Å². The van der Waals surface area contributed by atoms with E-state index in [1.807, 2.05) is 0 Å². The zero-order valence-corrected chi connectivity index (χ0v) is 9.19. The lowest BCUT2D eigenvalue weighted by Gasteiger charge is -2.16. The second kappa shape index (κ2) is 3.98. The molecule has 0 saturated carbocycles. The number of rotatable bonds is 2. The maximum Gasteiger partial charge on any atom is 0.258 e. The number of hydrogen-bond acceptors (Lipinski definition) is 3. The monoisotopic (exact) mass is 237 g/mol. The maximum atomic E-state index is 11.5. The summed E-state index contributed by atoms with van der Waals surface area (Å²) < 4.78 is 5.01. The molecule has 0 radical (unpaired) electrons. The molecule has 1 aromatic carbocycles. The molecule has 0 N–H and O–H groups in total. The summed E-state index contributed by atoms with van der Waals surface area (Å²) in [6.45, 7) is 0. The summed E-state index contributed by atoms with van der Waals surface area (Å²) in [5.41, 5.74) is 0.334. The molecule has 16 heavy (non-hydrogen) atoms. The molecule has 2 amide bonds. The van der Waals surface area contributed by atoms with Crippen molar-refractivity contribution in [1.29, 1.82) is 0 Å². The standard InChI is InChI=1S/C11H8ClNO3/c1-16-8-4-2-3-7(11(8)12)13-9(14)5-6-10(13)15/h2-6H,1H3. The van der Waals surface area contributed by atoms with Gasteiger partial charge < -0.3 is 4.74 Å². The minimum atomic E-state index is -0.403. The van der Waals surface area contributed by atoms with Crippen LogP contribution in [0.4, 0.5) is 5.69 Å². The first-order valence-electron chi connectivity index (χ1n) is 4.54. The van der Waals surface area contributed by atoms with Crippen LogP contribution in [0.3, 0.4) is 0 Å². The fraction of sp³-hybridized carbons (Fsp3) is 0.0909. The van der Waals surface area contributed by atoms with Gasteiger partial charge in [-0.2, -0.15) is 0 Å². The fourth-order valence-electron chi connectivity index (χ4n) is 1.47. The topological polar surface area (TPSA) is 46.6 Å². The number of imide groups is 1. The average Bonchev–Trinajstić information content (AvgIpc) is 2.60. The summed E-state index contributed by atoms with van der Waals surface area (Å²) in [5, 5.41) is 0.246. The van der Waals surface area contributed by atoms with Crippen LogP contribution in [0.2, 0.25) is 5.02 Å². The van der Waals surface area contributed by atoms with Crippen molar-refractivity contribution in [3.8, 4) is 5.75 Å². The van der Waals surface area contributed by atoms with Gasteiger partial charge in [0.25, 0.3) is 11.8 Å². The number of carbonyl (C=O) groups is 2. The van der Waals surface area contributed by atoms with E-state index in [4.69, 9.17) is 16.3 Å². The number of hydrogen-bond donors (Lipinski definition) is 0. The largest absolute Gasteiger partial charge is 0.495 e. The minimum Gasteiger partial charge on any atom is -0.495 e. The van der Waals surface area contributed by atoms with Gasteiger partial charge in [-0.1, -0.05) is 17.7 Å². The first-order valence-corrected chi connectivity index (χ1v) is 4.91. The summed E-state index contributed by atoms with van der Waals surface area (Å²) in [4.78, 5) is 23.9. The molecule has 0 atom stereocenters. The first-order chi connectivity index (χ1) is 7.65. The van der Waals surface area contributed by atoms with E-state index >= 15 is 0 Å². The Balaban J connectivity index is 2.49. The number of amides is 2. The van der Waals surface area contributed by atoms with E-state index < -0.39 is 11.8 Å². The third kappa shape index (κ3) is 1.57. The first kappa shape index (κ1) is 10.7. The number of benzene rings is 1. The summed E-state index contributed by atoms with van der Waals surface area (Å²) in [5.74, 6) is -0.382. The van der Waals surface area contributed by atoms with Crippen molar-refractivity contribution in [3.63, 3.8) is 0 Å². The van der Waals surface area contributed by atoms with E-state index in [1.165, 1.54) is 19.3 Å². The number of halogens is 1. The lowest BCUT2D eigenvalue weighted by atomic mass is 10.2. The van der Waals surface area contributed by atoms with Gasteiger partial charge in [-0.25, -0.2) is 4.90 Å². The summed E-state index contributed by atoms with van der Waals surface area (Å²) in [6.07, 6.45) is 2.41. The molecule has 2 rings (SSSR count). The third-order valence-electron chi connectivity index (χ3n) is 2.21. The minimum absolute atomic E-state index is 0.246. The number of anilines is 1. The van der Waals surface area contributed by atoms with E-state index in [-0.39, 0.29) is 5.02 Å². The van der Waals surface area contributed by atoms with Crippen LogP contribution >= 0.6 is 11.6 Å². The van der Waals surface area contributed by atoms with E-state index in [0.29, 0.717) is 11.4 Å². The van der Waals surface area contributed by atoms with Gasteiger partial charge >= 0.3 is 0 Å². The zero-order chi connectivity index (χ0) is 11.7. The maximum absolute atomic E-state index is 11.5. The van der Waals surface area contributed by atoms with Gasteiger partial charge in [0.2, 0.25) is 0 Å². The molecule has 5 heteroatoms. The molecule has 1 aliphatic heterocycles. The van der Waals surface area contributed by atoms with Crippen molar-refractivity contribution < 1.29 is 14.3 Å². The molecule has 0 aromatic heterocycles. The lowest BCUT2D eigenvalue weighted by Crippen LogP contribution is -2.29. The Hall–Kier alpha value is -1.81. The van der Waals surface area contributed by atoms with Gasteiger partial charge in [0.05, 0.1) is 12.8 Å². The van der Waals surface area contributed by atoms with Crippen LogP contribution in [-0.2, 0) is 9.59 Å². The summed E-state index contributed by atoms with van der Waals surface area (Å²) in [7, 11) is 1.47. The average molecular weight is 238 g/mol. The summed E-state index contributed by atoms with van der Waals surface area (Å²) >= 11 is 6.02. The normalized spacial score (nSPS) is 14.8. The smallest absolute Gasteiger partial charge is 0.258 e. The van der Waals surface area contributed by atoms with Gasteiger partial charge in [0.1, 0.15) is 10.8 Å². The van der Waals surface area contributed by atoms with E-state index in [9.17, 15) is 9.59 Å². The van der Waals surface area contributed by atoms with Crippen molar-refractivity contribution in [2.45, 2.75) is 0 Å². The highest BCUT2D eigenvalue weighted by molar-refractivity contribution is 6.38. The molecule has 1 aromatic rings. The van der Waals surface area contributed by atoms with Gasteiger partial charge in [0.15, 0.2) is 0 Å². The Morgan fingerprint density at radius 1 is 1.19 bits per heavy atom. The number of ether oxygens (including phenoxy) is 1. The SMILES string of the molecule is COc1cccc(N2C(=O)C=CC2=O)c1Cl. The molecule has 0 spiro atoms. The molecule has 0 aliphatic carbocycles. The Morgan fingerprint density at radius 2 is 1.81 bits per heavy atom. The molecule has 0 unspecified atom stereocenters. The lowest BCUT2D eigenvalue weighted by molar-refractivity contribution is -0.119. The van der Waals surface area contributed by atoms with Crippen LogP contribution in [0.25, 0.3) is 0 Å². The molecular weight excluding hydrogens is 230 g/mol. The van der Waals surface area contributed by atoms with Crippen molar-refractivity contribution in [2.24, 2.45) is 0 Å². The van der Waals surface area contributed by atoms with Crippen molar-refractivity contribution in [1.82, 2.24) is 0 Å². The van der Waals surface area contributed by atoms with Gasteiger partial charge in [-0.3, -0.25) is 9.59 Å². The Kier molecular flexibility index (Phi) is 2.66. The van der Waals surface area contributed by atoms with Crippen molar-refractivity contribution >= 4 is 29.1 Å². The van der Waals surface area contributed by atoms with Gasteiger partial charge in [0, 0.05) is 12.2 Å². The third-order valence-corrected chi connectivity index (χ3v) is 2.59. The zero-order valence-electron chi connectivity index (χ0n) is 8.44. The van der Waals surface area contributed by atoms with Gasteiger partial charge in [-0.05, 0) is 12.1 Å². The van der Waals surface area contributed by atoms with E-state index in [2.05, 4.69) is 0 Å². The Morgan fingerprint density at radius 3 is 2.38 bits per heavy atom. The Bertz CT molecular complexity index is 478.